The molecule has 2 aliphatic rings. The maximum atomic E-state index is 12.4. The van der Waals surface area contributed by atoms with Gasteiger partial charge in [0.05, 0.1) is 5.56 Å². The molecule has 2 aliphatic heterocycles. The Morgan fingerprint density at radius 2 is 2.04 bits per heavy atom. The molecule has 150 valence electrons. The third-order valence-corrected chi connectivity index (χ3v) is 5.68. The predicted molar refractivity (Wildman–Crippen MR) is 110 cm³/mol. The zero-order valence-corrected chi connectivity index (χ0v) is 16.8. The molecule has 0 aromatic carbocycles. The van der Waals surface area contributed by atoms with E-state index >= 15 is 0 Å². The summed E-state index contributed by atoms with van der Waals surface area (Å²) in [7, 11) is 0. The summed E-state index contributed by atoms with van der Waals surface area (Å²) < 4.78 is 2.16. The fourth-order valence-electron chi connectivity index (χ4n) is 4.26. The number of piperazine rings is 1. The molecular formula is C21H30N6O. The topological polar surface area (TPSA) is 75.1 Å². The van der Waals surface area contributed by atoms with Crippen molar-refractivity contribution in [2.45, 2.75) is 57.7 Å². The molecule has 0 saturated carbocycles. The second-order valence-electron chi connectivity index (χ2n) is 8.19. The van der Waals surface area contributed by atoms with E-state index in [2.05, 4.69) is 43.9 Å². The molecule has 2 saturated heterocycles. The van der Waals surface area contributed by atoms with Crippen molar-refractivity contribution in [3.63, 3.8) is 0 Å². The van der Waals surface area contributed by atoms with E-state index in [0.717, 1.165) is 37.7 Å². The summed E-state index contributed by atoms with van der Waals surface area (Å²) >= 11 is 0. The van der Waals surface area contributed by atoms with Gasteiger partial charge in [0.25, 0.3) is 5.91 Å². The first kappa shape index (κ1) is 18.9. The third kappa shape index (κ3) is 4.19. The van der Waals surface area contributed by atoms with Crippen molar-refractivity contribution in [2.24, 2.45) is 0 Å². The summed E-state index contributed by atoms with van der Waals surface area (Å²) in [6, 6.07) is 5.01. The van der Waals surface area contributed by atoms with Gasteiger partial charge >= 0.3 is 0 Å². The lowest BCUT2D eigenvalue weighted by Crippen LogP contribution is -2.51. The van der Waals surface area contributed by atoms with Crippen molar-refractivity contribution in [2.75, 3.05) is 24.5 Å². The number of imidazole rings is 1. The molecule has 2 aromatic heterocycles. The molecule has 2 N–H and O–H groups in total. The molecule has 4 heterocycles. The number of fused-ring (bicyclic) bond motifs is 2. The Balaban J connectivity index is 1.25. The van der Waals surface area contributed by atoms with Crippen LogP contribution in [0.2, 0.25) is 0 Å². The normalized spacial score (nSPS) is 21.3. The van der Waals surface area contributed by atoms with E-state index in [0.29, 0.717) is 30.1 Å². The molecule has 0 radical (unpaired) electrons. The van der Waals surface area contributed by atoms with E-state index in [4.69, 9.17) is 0 Å². The van der Waals surface area contributed by atoms with Crippen LogP contribution in [-0.4, -0.2) is 52.2 Å². The predicted octanol–water partition coefficient (Wildman–Crippen LogP) is 2.16. The van der Waals surface area contributed by atoms with Gasteiger partial charge in [0, 0.05) is 62.8 Å². The Kier molecular flexibility index (Phi) is 5.62. The maximum absolute atomic E-state index is 12.4. The van der Waals surface area contributed by atoms with Crippen molar-refractivity contribution in [1.82, 2.24) is 25.2 Å². The molecule has 0 unspecified atom stereocenters. The minimum absolute atomic E-state index is 0.0610. The van der Waals surface area contributed by atoms with E-state index in [9.17, 15) is 4.79 Å². The molecule has 2 bridgehead atoms. The van der Waals surface area contributed by atoms with Gasteiger partial charge in [0.1, 0.15) is 11.6 Å². The van der Waals surface area contributed by atoms with Crippen LogP contribution in [0.15, 0.2) is 30.7 Å². The van der Waals surface area contributed by atoms with Crippen LogP contribution < -0.4 is 15.5 Å². The van der Waals surface area contributed by atoms with E-state index < -0.39 is 0 Å². The average molecular weight is 383 g/mol. The van der Waals surface area contributed by atoms with Gasteiger partial charge in [0.2, 0.25) is 0 Å². The van der Waals surface area contributed by atoms with Crippen LogP contribution in [0, 0.1) is 0 Å². The number of nitrogens with zero attached hydrogens (tertiary/aromatic N) is 4. The number of aryl methyl sites for hydroxylation is 1. The van der Waals surface area contributed by atoms with Crippen molar-refractivity contribution in [3.05, 3.63) is 42.1 Å². The second kappa shape index (κ2) is 8.31. The van der Waals surface area contributed by atoms with E-state index in [1.54, 1.807) is 6.20 Å². The Hall–Kier alpha value is -2.41. The number of aromatic nitrogens is 3. The van der Waals surface area contributed by atoms with E-state index in [1.165, 1.54) is 12.8 Å². The fraction of sp³-hybridized carbons (Fsp3) is 0.571. The highest BCUT2D eigenvalue weighted by Gasteiger charge is 2.32. The summed E-state index contributed by atoms with van der Waals surface area (Å²) in [5, 5.41) is 6.63. The van der Waals surface area contributed by atoms with Crippen LogP contribution in [0.3, 0.4) is 0 Å². The monoisotopic (exact) mass is 382 g/mol. The second-order valence-corrected chi connectivity index (χ2v) is 8.19. The van der Waals surface area contributed by atoms with Gasteiger partial charge in [-0.1, -0.05) is 13.8 Å². The number of hydrogen-bond donors (Lipinski definition) is 2. The lowest BCUT2D eigenvalue weighted by Gasteiger charge is -2.33. The zero-order valence-electron chi connectivity index (χ0n) is 16.8. The van der Waals surface area contributed by atoms with Gasteiger partial charge < -0.3 is 20.1 Å². The highest BCUT2D eigenvalue weighted by Crippen LogP contribution is 2.23. The SMILES string of the molecule is CC(C)c1nccn1CCCNC(=O)c1ccc(N2C[C@H]3CC[C@@H](C2)N3)nc1. The van der Waals surface area contributed by atoms with Crippen LogP contribution in [0.4, 0.5) is 5.82 Å². The summed E-state index contributed by atoms with van der Waals surface area (Å²) in [6.07, 6.45) is 8.91. The van der Waals surface area contributed by atoms with Crippen molar-refractivity contribution in [3.8, 4) is 0 Å². The molecular weight excluding hydrogens is 352 g/mol. The zero-order chi connectivity index (χ0) is 19.5. The van der Waals surface area contributed by atoms with Crippen LogP contribution in [0.5, 0.6) is 0 Å². The number of nitrogens with one attached hydrogen (secondary N) is 2. The molecule has 2 aromatic rings. The highest BCUT2D eigenvalue weighted by molar-refractivity contribution is 5.94. The molecule has 0 spiro atoms. The molecule has 4 rings (SSSR count). The van der Waals surface area contributed by atoms with Crippen molar-refractivity contribution >= 4 is 11.7 Å². The molecule has 7 heteroatoms. The Bertz CT molecular complexity index is 787. The first-order valence-corrected chi connectivity index (χ1v) is 10.4. The van der Waals surface area contributed by atoms with Gasteiger partial charge in [-0.15, -0.1) is 0 Å². The minimum atomic E-state index is -0.0610. The summed E-state index contributed by atoms with van der Waals surface area (Å²) in [5.74, 6) is 2.40. The van der Waals surface area contributed by atoms with Crippen LogP contribution in [0.1, 0.15) is 55.2 Å². The number of amides is 1. The number of carbonyl (C=O) groups is 1. The molecule has 2 fully saturated rings. The number of pyridine rings is 1. The van der Waals surface area contributed by atoms with Crippen molar-refractivity contribution in [1.29, 1.82) is 0 Å². The quantitative estimate of drug-likeness (QED) is 0.718. The Labute approximate surface area is 166 Å². The highest BCUT2D eigenvalue weighted by atomic mass is 16.1. The first-order chi connectivity index (χ1) is 13.6. The summed E-state index contributed by atoms with van der Waals surface area (Å²) in [6.45, 7) is 7.78. The van der Waals surface area contributed by atoms with Crippen LogP contribution >= 0.6 is 0 Å². The largest absolute Gasteiger partial charge is 0.353 e. The third-order valence-electron chi connectivity index (χ3n) is 5.68. The standard InChI is InChI=1S/C21H30N6O/c1-15(2)20-22-9-11-26(20)10-3-8-23-21(28)16-4-7-19(24-12-16)27-13-17-5-6-18(14-27)25-17/h4,7,9,11-12,15,17-18,25H,3,5-6,8,10,13-14H2,1-2H3,(H,23,28)/t17-,18+. The number of carbonyl (C=O) groups excluding carboxylic acids is 1. The Morgan fingerprint density at radius 1 is 1.25 bits per heavy atom. The molecule has 2 atom stereocenters. The molecule has 28 heavy (non-hydrogen) atoms. The van der Waals surface area contributed by atoms with Gasteiger partial charge in [-0.3, -0.25) is 4.79 Å². The van der Waals surface area contributed by atoms with E-state index in [1.807, 2.05) is 24.5 Å². The van der Waals surface area contributed by atoms with E-state index in [-0.39, 0.29) is 5.91 Å². The van der Waals surface area contributed by atoms with Gasteiger partial charge in [-0.2, -0.15) is 0 Å². The summed E-state index contributed by atoms with van der Waals surface area (Å²) in [5.41, 5.74) is 0.618. The van der Waals surface area contributed by atoms with Crippen LogP contribution in [0.25, 0.3) is 0 Å². The number of rotatable bonds is 7. The summed E-state index contributed by atoms with van der Waals surface area (Å²) in [4.78, 5) is 23.7. The minimum Gasteiger partial charge on any atom is -0.353 e. The lowest BCUT2D eigenvalue weighted by atomic mass is 10.2. The van der Waals surface area contributed by atoms with Gasteiger partial charge in [0.15, 0.2) is 0 Å². The Morgan fingerprint density at radius 3 is 2.71 bits per heavy atom. The van der Waals surface area contributed by atoms with Gasteiger partial charge in [-0.05, 0) is 31.4 Å². The first-order valence-electron chi connectivity index (χ1n) is 10.4. The molecule has 0 aliphatic carbocycles. The maximum Gasteiger partial charge on any atom is 0.252 e. The van der Waals surface area contributed by atoms with Crippen LogP contribution in [-0.2, 0) is 6.54 Å². The number of hydrogen-bond acceptors (Lipinski definition) is 5. The molecule has 1 amide bonds. The van der Waals surface area contributed by atoms with Crippen molar-refractivity contribution < 1.29 is 4.79 Å². The lowest BCUT2D eigenvalue weighted by molar-refractivity contribution is 0.0952. The average Bonchev–Trinajstić information content (AvgIpc) is 3.31. The molecule has 7 nitrogen and oxygen atoms in total. The fourth-order valence-corrected chi connectivity index (χ4v) is 4.26. The van der Waals surface area contributed by atoms with Gasteiger partial charge in [-0.25, -0.2) is 9.97 Å². The smallest absolute Gasteiger partial charge is 0.252 e. The number of anilines is 1.